The molecule has 3 rings (SSSR count). The summed E-state index contributed by atoms with van der Waals surface area (Å²) in [6, 6.07) is 8.59. The number of benzene rings is 1. The summed E-state index contributed by atoms with van der Waals surface area (Å²) in [7, 11) is 1.73. The highest BCUT2D eigenvalue weighted by Crippen LogP contribution is 2.37. The van der Waals surface area contributed by atoms with Crippen molar-refractivity contribution in [1.29, 1.82) is 0 Å². The van der Waals surface area contributed by atoms with Gasteiger partial charge in [0.05, 0.1) is 18.2 Å². The van der Waals surface area contributed by atoms with Crippen molar-refractivity contribution in [3.63, 3.8) is 0 Å². The summed E-state index contributed by atoms with van der Waals surface area (Å²) < 4.78 is 5.50. The van der Waals surface area contributed by atoms with Crippen LogP contribution in [0.3, 0.4) is 0 Å². The van der Waals surface area contributed by atoms with E-state index in [-0.39, 0.29) is 11.3 Å². The average molecular weight is 360 g/mol. The summed E-state index contributed by atoms with van der Waals surface area (Å²) in [5.74, 6) is 1.22. The highest BCUT2D eigenvalue weighted by Gasteiger charge is 2.43. The van der Waals surface area contributed by atoms with Gasteiger partial charge in [-0.25, -0.2) is 0 Å². The summed E-state index contributed by atoms with van der Waals surface area (Å²) in [6.07, 6.45) is 3.95. The Morgan fingerprint density at radius 3 is 2.46 bits per heavy atom. The Morgan fingerprint density at radius 2 is 1.85 bits per heavy atom. The van der Waals surface area contributed by atoms with Crippen molar-refractivity contribution in [2.75, 3.05) is 44.7 Å². The van der Waals surface area contributed by atoms with Crippen LogP contribution in [0.1, 0.15) is 39.5 Å². The number of hydrogen-bond donors (Lipinski definition) is 1. The van der Waals surface area contributed by atoms with E-state index in [1.807, 2.05) is 12.1 Å². The topological polar surface area (TPSA) is 44.8 Å². The van der Waals surface area contributed by atoms with Crippen molar-refractivity contribution in [1.82, 2.24) is 10.2 Å². The number of carbonyl (C=O) groups is 1. The quantitative estimate of drug-likeness (QED) is 0.813. The first-order chi connectivity index (χ1) is 12.6. The van der Waals surface area contributed by atoms with Gasteiger partial charge in [0.1, 0.15) is 5.75 Å². The first-order valence-electron chi connectivity index (χ1n) is 10.0. The Kier molecular flexibility index (Phi) is 6.07. The molecule has 0 spiro atoms. The summed E-state index contributed by atoms with van der Waals surface area (Å²) in [6.45, 7) is 9.51. The van der Waals surface area contributed by atoms with Crippen molar-refractivity contribution in [3.05, 3.63) is 24.3 Å². The lowest BCUT2D eigenvalue weighted by Gasteiger charge is -2.37. The lowest BCUT2D eigenvalue weighted by molar-refractivity contribution is -0.128. The van der Waals surface area contributed by atoms with Crippen molar-refractivity contribution in [2.45, 2.75) is 45.6 Å². The fourth-order valence-corrected chi connectivity index (χ4v) is 4.43. The van der Waals surface area contributed by atoms with E-state index in [2.05, 4.69) is 41.1 Å². The van der Waals surface area contributed by atoms with Crippen molar-refractivity contribution in [2.24, 2.45) is 5.41 Å². The Morgan fingerprint density at radius 1 is 1.15 bits per heavy atom. The summed E-state index contributed by atoms with van der Waals surface area (Å²) >= 11 is 0. The van der Waals surface area contributed by atoms with E-state index >= 15 is 0 Å². The second kappa shape index (κ2) is 8.30. The van der Waals surface area contributed by atoms with Crippen molar-refractivity contribution < 1.29 is 9.53 Å². The number of rotatable bonds is 7. The third-order valence-electron chi connectivity index (χ3n) is 6.40. The lowest BCUT2D eigenvalue weighted by Crippen LogP contribution is -2.47. The van der Waals surface area contributed by atoms with Crippen LogP contribution in [0.25, 0.3) is 0 Å². The summed E-state index contributed by atoms with van der Waals surface area (Å²) in [5, 5.41) is 3.24. The van der Waals surface area contributed by atoms with Gasteiger partial charge in [-0.1, -0.05) is 26.0 Å². The number of hydrogen-bond acceptors (Lipinski definition) is 4. The number of para-hydroxylation sites is 2. The third kappa shape index (κ3) is 3.83. The van der Waals surface area contributed by atoms with E-state index in [0.29, 0.717) is 6.04 Å². The number of ether oxygens (including phenoxy) is 1. The molecule has 2 saturated heterocycles. The predicted octanol–water partition coefficient (Wildman–Crippen LogP) is 2.90. The molecule has 0 unspecified atom stereocenters. The first-order valence-corrected chi connectivity index (χ1v) is 10.0. The Hall–Kier alpha value is -1.75. The molecule has 1 amide bonds. The molecule has 0 saturated carbocycles. The molecule has 2 aliphatic heterocycles. The zero-order valence-corrected chi connectivity index (χ0v) is 16.5. The zero-order valence-electron chi connectivity index (χ0n) is 16.5. The minimum atomic E-state index is -0.118. The fourth-order valence-electron chi connectivity index (χ4n) is 4.43. The van der Waals surface area contributed by atoms with Gasteiger partial charge in [0.25, 0.3) is 0 Å². The summed E-state index contributed by atoms with van der Waals surface area (Å²) in [4.78, 5) is 17.3. The van der Waals surface area contributed by atoms with Crippen LogP contribution in [-0.2, 0) is 4.79 Å². The van der Waals surface area contributed by atoms with Gasteiger partial charge in [0, 0.05) is 38.8 Å². The van der Waals surface area contributed by atoms with Gasteiger partial charge >= 0.3 is 0 Å². The van der Waals surface area contributed by atoms with Crippen LogP contribution in [0.15, 0.2) is 24.3 Å². The van der Waals surface area contributed by atoms with Gasteiger partial charge in [-0.2, -0.15) is 0 Å². The molecule has 26 heavy (non-hydrogen) atoms. The maximum Gasteiger partial charge on any atom is 0.226 e. The number of methoxy groups -OCH3 is 1. The molecule has 0 aromatic heterocycles. The summed E-state index contributed by atoms with van der Waals surface area (Å²) in [5.41, 5.74) is 1.07. The zero-order chi connectivity index (χ0) is 18.6. The van der Waals surface area contributed by atoms with E-state index in [4.69, 9.17) is 4.74 Å². The number of anilines is 1. The lowest BCUT2D eigenvalue weighted by atomic mass is 9.79. The second-order valence-corrected chi connectivity index (χ2v) is 7.65. The molecular weight excluding hydrogens is 326 g/mol. The van der Waals surface area contributed by atoms with Crippen LogP contribution in [0, 0.1) is 5.41 Å². The Balaban J connectivity index is 1.47. The number of nitrogens with zero attached hydrogens (tertiary/aromatic N) is 2. The average Bonchev–Trinajstić information content (AvgIpc) is 3.02. The Labute approximate surface area is 157 Å². The molecule has 5 nitrogen and oxygen atoms in total. The molecule has 0 aliphatic carbocycles. The van der Waals surface area contributed by atoms with Crippen molar-refractivity contribution >= 4 is 11.6 Å². The monoisotopic (exact) mass is 359 g/mol. The van der Waals surface area contributed by atoms with Gasteiger partial charge in [0.2, 0.25) is 5.91 Å². The first kappa shape index (κ1) is 19.0. The molecule has 2 fully saturated rings. The van der Waals surface area contributed by atoms with E-state index in [9.17, 15) is 4.79 Å². The van der Waals surface area contributed by atoms with Crippen LogP contribution in [0.4, 0.5) is 5.69 Å². The number of amides is 1. The van der Waals surface area contributed by atoms with E-state index in [1.54, 1.807) is 7.11 Å². The number of nitrogens with one attached hydrogen (secondary N) is 1. The second-order valence-electron chi connectivity index (χ2n) is 7.65. The minimum absolute atomic E-state index is 0.118. The molecule has 1 atom stereocenters. The van der Waals surface area contributed by atoms with Gasteiger partial charge in [-0.05, 0) is 37.8 Å². The number of carbonyl (C=O) groups excluding carboxylic acids is 1. The molecule has 0 bridgehead atoms. The highest BCUT2D eigenvalue weighted by molar-refractivity contribution is 5.85. The van der Waals surface area contributed by atoms with E-state index in [1.165, 1.54) is 5.69 Å². The third-order valence-corrected chi connectivity index (χ3v) is 6.40. The largest absolute Gasteiger partial charge is 0.495 e. The van der Waals surface area contributed by atoms with Gasteiger partial charge in [0.15, 0.2) is 0 Å². The molecule has 144 valence electrons. The molecule has 0 radical (unpaired) electrons. The predicted molar refractivity (Wildman–Crippen MR) is 106 cm³/mol. The smallest absolute Gasteiger partial charge is 0.226 e. The maximum absolute atomic E-state index is 12.3. The van der Waals surface area contributed by atoms with Crippen LogP contribution in [0.5, 0.6) is 5.75 Å². The van der Waals surface area contributed by atoms with Crippen molar-refractivity contribution in [3.8, 4) is 5.75 Å². The number of piperazine rings is 1. The molecule has 1 N–H and O–H groups in total. The van der Waals surface area contributed by atoms with E-state index < -0.39 is 0 Å². The van der Waals surface area contributed by atoms with Crippen LogP contribution >= 0.6 is 0 Å². The normalized spacial score (nSPS) is 23.1. The van der Waals surface area contributed by atoms with Gasteiger partial charge in [-0.15, -0.1) is 0 Å². The maximum atomic E-state index is 12.3. The molecule has 5 heteroatoms. The molecule has 2 heterocycles. The van der Waals surface area contributed by atoms with Crippen LogP contribution in [-0.4, -0.2) is 56.7 Å². The standard InChI is InChI=1S/C21H33N3O2/c1-4-21(5-2)16-17(22-20(21)25)10-11-23-12-14-24(15-13-23)18-8-6-7-9-19(18)26-3/h6-9,17H,4-5,10-16H2,1-3H3,(H,22,25)/t17-/m0/s1. The highest BCUT2D eigenvalue weighted by atomic mass is 16.5. The van der Waals surface area contributed by atoms with Gasteiger partial charge < -0.3 is 15.0 Å². The SMILES string of the molecule is CCC1(CC)C[C@H](CCN2CCN(c3ccccc3OC)CC2)NC1=O. The van der Waals surface area contributed by atoms with Gasteiger partial charge in [-0.3, -0.25) is 9.69 Å². The Bertz CT molecular complexity index is 607. The van der Waals surface area contributed by atoms with Crippen LogP contribution in [0.2, 0.25) is 0 Å². The molecule has 1 aromatic rings. The molecule has 1 aromatic carbocycles. The molecule has 2 aliphatic rings. The fraction of sp³-hybridized carbons (Fsp3) is 0.667. The molecular formula is C21H33N3O2. The minimum Gasteiger partial charge on any atom is -0.495 e. The van der Waals surface area contributed by atoms with E-state index in [0.717, 1.165) is 64.2 Å². The van der Waals surface area contributed by atoms with Crippen LogP contribution < -0.4 is 15.0 Å².